The van der Waals surface area contributed by atoms with Crippen molar-refractivity contribution in [3.63, 3.8) is 0 Å². The number of sulfonamides is 1. The number of nitrogens with two attached hydrogens (primary N) is 1. The van der Waals surface area contributed by atoms with Gasteiger partial charge in [-0.25, -0.2) is 8.42 Å². The Hall–Kier alpha value is -1.28. The lowest BCUT2D eigenvalue weighted by Crippen LogP contribution is -2.28. The first-order chi connectivity index (χ1) is 9.54. The second-order valence-corrected chi connectivity index (χ2v) is 7.76. The molecule has 0 bridgehead atoms. The highest BCUT2D eigenvalue weighted by Crippen LogP contribution is 2.24. The van der Waals surface area contributed by atoms with E-state index in [-0.39, 0.29) is 0 Å². The van der Waals surface area contributed by atoms with Gasteiger partial charge in [-0.15, -0.1) is 11.3 Å². The fraction of sp³-hybridized carbons (Fsp3) is 0.308. The molecule has 5 nitrogen and oxygen atoms in total. The van der Waals surface area contributed by atoms with Crippen LogP contribution in [0.1, 0.15) is 10.6 Å². The van der Waals surface area contributed by atoms with Gasteiger partial charge in [-0.3, -0.25) is 4.98 Å². The van der Waals surface area contributed by atoms with E-state index in [1.807, 2.05) is 18.2 Å². The van der Waals surface area contributed by atoms with Gasteiger partial charge in [0.2, 0.25) is 0 Å². The van der Waals surface area contributed by atoms with Crippen molar-refractivity contribution >= 4 is 21.4 Å². The van der Waals surface area contributed by atoms with Gasteiger partial charge in [0.1, 0.15) is 4.21 Å². The van der Waals surface area contributed by atoms with Gasteiger partial charge in [-0.1, -0.05) is 6.07 Å². The lowest BCUT2D eigenvalue weighted by atomic mass is 10.3. The minimum absolute atomic E-state index is 0.335. The van der Waals surface area contributed by atoms with E-state index < -0.39 is 10.0 Å². The van der Waals surface area contributed by atoms with Crippen molar-refractivity contribution < 1.29 is 8.42 Å². The fourth-order valence-electron chi connectivity index (χ4n) is 1.70. The van der Waals surface area contributed by atoms with E-state index in [0.29, 0.717) is 23.7 Å². The first-order valence-electron chi connectivity index (χ1n) is 6.19. The van der Waals surface area contributed by atoms with Crippen molar-refractivity contribution in [2.75, 3.05) is 13.6 Å². The Bertz CT molecular complexity index is 653. The molecule has 0 aliphatic carbocycles. The molecule has 0 spiro atoms. The average molecular weight is 311 g/mol. The second kappa shape index (κ2) is 6.45. The van der Waals surface area contributed by atoms with Crippen LogP contribution in [0.2, 0.25) is 0 Å². The molecule has 0 aromatic carbocycles. The van der Waals surface area contributed by atoms with Crippen molar-refractivity contribution in [3.8, 4) is 0 Å². The fourth-order valence-corrected chi connectivity index (χ4v) is 4.32. The third-order valence-electron chi connectivity index (χ3n) is 2.91. The molecule has 0 saturated carbocycles. The van der Waals surface area contributed by atoms with Crippen LogP contribution in [0, 0.1) is 0 Å². The first kappa shape index (κ1) is 15.1. The zero-order valence-corrected chi connectivity index (χ0v) is 12.8. The highest BCUT2D eigenvalue weighted by Gasteiger charge is 2.22. The SMILES string of the molecule is CN(CCc1ccccn1)S(=O)(=O)c1ccc(CN)s1. The van der Waals surface area contributed by atoms with Crippen LogP contribution in [0.4, 0.5) is 0 Å². The van der Waals surface area contributed by atoms with Crippen LogP contribution >= 0.6 is 11.3 Å². The Labute approximate surface area is 123 Å². The average Bonchev–Trinajstić information content (AvgIpc) is 2.95. The van der Waals surface area contributed by atoms with Crippen molar-refractivity contribution in [2.24, 2.45) is 5.73 Å². The molecular weight excluding hydrogens is 294 g/mol. The van der Waals surface area contributed by atoms with E-state index >= 15 is 0 Å². The van der Waals surface area contributed by atoms with Gasteiger partial charge in [0.25, 0.3) is 10.0 Å². The van der Waals surface area contributed by atoms with E-state index in [1.165, 1.54) is 15.6 Å². The summed E-state index contributed by atoms with van der Waals surface area (Å²) in [5.74, 6) is 0. The minimum Gasteiger partial charge on any atom is -0.326 e. The highest BCUT2D eigenvalue weighted by molar-refractivity contribution is 7.91. The van der Waals surface area contributed by atoms with Gasteiger partial charge < -0.3 is 5.73 Å². The molecule has 2 heterocycles. The summed E-state index contributed by atoms with van der Waals surface area (Å²) < 4.78 is 26.4. The Morgan fingerprint density at radius 3 is 2.70 bits per heavy atom. The van der Waals surface area contributed by atoms with E-state index in [9.17, 15) is 8.42 Å². The predicted octanol–water partition coefficient (Wildman–Crippen LogP) is 1.46. The third kappa shape index (κ3) is 3.43. The molecule has 0 saturated heterocycles. The number of hydrogen-bond donors (Lipinski definition) is 1. The Morgan fingerprint density at radius 1 is 1.30 bits per heavy atom. The Balaban J connectivity index is 2.05. The standard InChI is InChI=1S/C13H17N3O2S2/c1-16(9-7-11-4-2-3-8-15-11)20(17,18)13-6-5-12(10-14)19-13/h2-6,8H,7,9-10,14H2,1H3. The normalized spacial score (nSPS) is 11.9. The number of likely N-dealkylation sites (N-methyl/N-ethyl adjacent to an activating group) is 1. The molecule has 0 fully saturated rings. The number of nitrogens with zero attached hydrogens (tertiary/aromatic N) is 2. The van der Waals surface area contributed by atoms with Gasteiger partial charge in [0.05, 0.1) is 0 Å². The van der Waals surface area contributed by atoms with Crippen LogP contribution < -0.4 is 5.73 Å². The summed E-state index contributed by atoms with van der Waals surface area (Å²) in [6.45, 7) is 0.757. The molecule has 0 atom stereocenters. The highest BCUT2D eigenvalue weighted by atomic mass is 32.2. The molecule has 2 N–H and O–H groups in total. The minimum atomic E-state index is -3.43. The Kier molecular flexibility index (Phi) is 4.87. The molecule has 108 valence electrons. The Morgan fingerprint density at radius 2 is 2.10 bits per heavy atom. The molecule has 0 unspecified atom stereocenters. The van der Waals surface area contributed by atoms with Crippen LogP contribution in [0.3, 0.4) is 0 Å². The van der Waals surface area contributed by atoms with E-state index in [2.05, 4.69) is 4.98 Å². The summed E-state index contributed by atoms with van der Waals surface area (Å²) in [5, 5.41) is 0. The largest absolute Gasteiger partial charge is 0.326 e. The van der Waals surface area contributed by atoms with E-state index in [0.717, 1.165) is 10.6 Å². The zero-order chi connectivity index (χ0) is 14.6. The van der Waals surface area contributed by atoms with Crippen molar-refractivity contribution in [1.82, 2.24) is 9.29 Å². The molecule has 7 heteroatoms. The molecule has 0 aliphatic heterocycles. The molecule has 0 amide bonds. The molecular formula is C13H17N3O2S2. The van der Waals surface area contributed by atoms with E-state index in [4.69, 9.17) is 5.73 Å². The van der Waals surface area contributed by atoms with Gasteiger partial charge in [-0.05, 0) is 24.3 Å². The van der Waals surface area contributed by atoms with Gasteiger partial charge in [0.15, 0.2) is 0 Å². The maximum Gasteiger partial charge on any atom is 0.252 e. The summed E-state index contributed by atoms with van der Waals surface area (Å²) >= 11 is 1.22. The summed E-state index contributed by atoms with van der Waals surface area (Å²) in [6, 6.07) is 8.98. The van der Waals surface area contributed by atoms with Crippen molar-refractivity contribution in [2.45, 2.75) is 17.2 Å². The molecule has 0 aliphatic rings. The number of thiophene rings is 1. The number of rotatable bonds is 6. The molecule has 0 radical (unpaired) electrons. The molecule has 2 rings (SSSR count). The summed E-state index contributed by atoms with van der Waals surface area (Å²) in [5.41, 5.74) is 6.39. The van der Waals surface area contributed by atoms with Gasteiger partial charge in [0, 0.05) is 43.3 Å². The summed E-state index contributed by atoms with van der Waals surface area (Å²) in [6.07, 6.45) is 2.29. The predicted molar refractivity (Wildman–Crippen MR) is 80.0 cm³/mol. The van der Waals surface area contributed by atoms with Crippen molar-refractivity contribution in [3.05, 3.63) is 47.1 Å². The van der Waals surface area contributed by atoms with Crippen LogP contribution in [-0.2, 0) is 23.0 Å². The van der Waals surface area contributed by atoms with E-state index in [1.54, 1.807) is 25.4 Å². The molecule has 20 heavy (non-hydrogen) atoms. The molecule has 2 aromatic rings. The maximum atomic E-state index is 12.4. The smallest absolute Gasteiger partial charge is 0.252 e. The van der Waals surface area contributed by atoms with Crippen LogP contribution in [0.25, 0.3) is 0 Å². The second-order valence-electron chi connectivity index (χ2n) is 4.32. The van der Waals surface area contributed by atoms with Gasteiger partial charge >= 0.3 is 0 Å². The van der Waals surface area contributed by atoms with Crippen LogP contribution in [0.5, 0.6) is 0 Å². The lowest BCUT2D eigenvalue weighted by molar-refractivity contribution is 0.472. The number of pyridine rings is 1. The molecule has 2 aromatic heterocycles. The first-order valence-corrected chi connectivity index (χ1v) is 8.44. The van der Waals surface area contributed by atoms with Crippen LogP contribution in [-0.4, -0.2) is 31.3 Å². The van der Waals surface area contributed by atoms with Crippen molar-refractivity contribution in [1.29, 1.82) is 0 Å². The quantitative estimate of drug-likeness (QED) is 0.876. The van der Waals surface area contributed by atoms with Crippen LogP contribution in [0.15, 0.2) is 40.7 Å². The monoisotopic (exact) mass is 311 g/mol. The van der Waals surface area contributed by atoms with Gasteiger partial charge in [-0.2, -0.15) is 4.31 Å². The number of aromatic nitrogens is 1. The maximum absolute atomic E-state index is 12.4. The lowest BCUT2D eigenvalue weighted by Gasteiger charge is -2.15. The topological polar surface area (TPSA) is 76.3 Å². The summed E-state index contributed by atoms with van der Waals surface area (Å²) in [7, 11) is -1.85. The zero-order valence-electron chi connectivity index (χ0n) is 11.2. The summed E-state index contributed by atoms with van der Waals surface area (Å²) in [4.78, 5) is 5.05. The third-order valence-corrected chi connectivity index (χ3v) is 6.34. The number of hydrogen-bond acceptors (Lipinski definition) is 5.